The molecule has 7 atom stereocenters. The van der Waals surface area contributed by atoms with Crippen molar-refractivity contribution in [1.82, 2.24) is 5.32 Å². The highest BCUT2D eigenvalue weighted by molar-refractivity contribution is 5.76. The molecule has 1 fully saturated rings. The molecule has 0 aromatic rings. The first kappa shape index (κ1) is 78.9. The quantitative estimate of drug-likeness (QED) is 0.0261. The van der Waals surface area contributed by atoms with Crippen molar-refractivity contribution in [3.63, 3.8) is 0 Å². The Bertz CT molecular complexity index is 1690. The Balaban J connectivity index is 2.18. The number of aliphatic hydroxyl groups is 5. The van der Waals surface area contributed by atoms with E-state index >= 15 is 0 Å². The van der Waals surface area contributed by atoms with Gasteiger partial charge >= 0.3 is 0 Å². The minimum Gasteiger partial charge on any atom is -0.394 e. The maximum atomic E-state index is 13.1. The summed E-state index contributed by atoms with van der Waals surface area (Å²) in [7, 11) is 0. The van der Waals surface area contributed by atoms with Crippen molar-refractivity contribution in [2.75, 3.05) is 13.2 Å². The molecule has 1 amide bonds. The molecule has 0 spiro atoms. The first-order valence-corrected chi connectivity index (χ1v) is 35.1. The second-order valence-electron chi connectivity index (χ2n) is 23.9. The zero-order valence-corrected chi connectivity index (χ0v) is 54.1. The summed E-state index contributed by atoms with van der Waals surface area (Å²) in [4.78, 5) is 13.1. The highest BCUT2D eigenvalue weighted by Gasteiger charge is 2.44. The van der Waals surface area contributed by atoms with Crippen LogP contribution in [0, 0.1) is 0 Å². The third-order valence-electron chi connectivity index (χ3n) is 16.1. The molecule has 0 aromatic heterocycles. The lowest BCUT2D eigenvalue weighted by Crippen LogP contribution is -2.60. The van der Waals surface area contributed by atoms with Crippen molar-refractivity contribution < 1.29 is 39.8 Å². The van der Waals surface area contributed by atoms with E-state index < -0.39 is 49.5 Å². The molecule has 1 heterocycles. The molecular formula is C75H131NO8. The van der Waals surface area contributed by atoms with Crippen LogP contribution >= 0.6 is 0 Å². The number of hydrogen-bond donors (Lipinski definition) is 6. The second-order valence-corrected chi connectivity index (χ2v) is 23.9. The summed E-state index contributed by atoms with van der Waals surface area (Å²) in [6.45, 7) is 3.68. The maximum Gasteiger partial charge on any atom is 0.220 e. The smallest absolute Gasteiger partial charge is 0.220 e. The topological polar surface area (TPSA) is 149 Å². The SMILES string of the molecule is CC/C=C\C/C=C\C/C=C\C/C=C\C/C=C\C/C=C\C/C=C\C/C=C\CCCCCCC(=O)NC(COC1OC(CO)C(O)C(O)C1O)C(O)/C=C/CCCCCCCCCCCCCCCCCCCCCCCCCCCCCCCC. The van der Waals surface area contributed by atoms with Crippen LogP contribution < -0.4 is 5.32 Å². The van der Waals surface area contributed by atoms with E-state index in [4.69, 9.17) is 9.47 Å². The summed E-state index contributed by atoms with van der Waals surface area (Å²) in [5.74, 6) is -0.202. The predicted molar refractivity (Wildman–Crippen MR) is 359 cm³/mol. The van der Waals surface area contributed by atoms with E-state index in [1.54, 1.807) is 6.08 Å². The lowest BCUT2D eigenvalue weighted by Gasteiger charge is -2.40. The standard InChI is InChI=1S/C75H131NO8/c1-3-5-7-9-11-13-15-17-19-21-23-25-27-29-31-33-34-35-37-38-40-42-44-46-48-50-52-54-56-58-60-62-64-69(78)68(67-83-75-74(82)73(81)72(80)70(66-77)84-75)76-71(79)65-63-61-59-57-55-53-51-49-47-45-43-41-39-36-32-30-28-26-24-22-20-18-16-14-12-10-8-6-4-2/h6,8,12,14,18,20,24,26,30,32,39,41,45,47,51,53,62,64,68-70,72-75,77-78,80-82H,3-5,7,9-11,13,15-17,19,21-23,25,27-29,31,33-38,40,42-44,46,48-50,52,54-61,63,65-67H2,1-2H3,(H,76,79)/b8-6-,14-12-,20-18-,26-24-,32-30-,41-39-,47-45-,53-51-,64-62+. The van der Waals surface area contributed by atoms with Crippen LogP contribution in [-0.4, -0.2) is 87.5 Å². The third kappa shape index (κ3) is 50.9. The van der Waals surface area contributed by atoms with Gasteiger partial charge in [0.25, 0.3) is 0 Å². The molecule has 0 bridgehead atoms. The van der Waals surface area contributed by atoms with Gasteiger partial charge < -0.3 is 40.3 Å². The Morgan fingerprint density at radius 1 is 0.417 bits per heavy atom. The monoisotopic (exact) mass is 1170 g/mol. The molecular weight excluding hydrogens is 1040 g/mol. The molecule has 0 saturated carbocycles. The van der Waals surface area contributed by atoms with Crippen molar-refractivity contribution >= 4 is 5.91 Å². The van der Waals surface area contributed by atoms with Gasteiger partial charge in [0, 0.05) is 6.42 Å². The van der Waals surface area contributed by atoms with Gasteiger partial charge in [-0.3, -0.25) is 4.79 Å². The first-order valence-electron chi connectivity index (χ1n) is 35.1. The number of hydrogen-bond acceptors (Lipinski definition) is 8. The Morgan fingerprint density at radius 2 is 0.738 bits per heavy atom. The van der Waals surface area contributed by atoms with Gasteiger partial charge in [0.05, 0.1) is 25.4 Å². The summed E-state index contributed by atoms with van der Waals surface area (Å²) in [6.07, 6.45) is 86.2. The number of rotatable bonds is 60. The number of nitrogens with one attached hydrogen (secondary N) is 1. The number of aliphatic hydroxyl groups excluding tert-OH is 5. The van der Waals surface area contributed by atoms with Gasteiger partial charge in [0.2, 0.25) is 5.91 Å². The van der Waals surface area contributed by atoms with Gasteiger partial charge in [-0.2, -0.15) is 0 Å². The molecule has 0 aliphatic carbocycles. The van der Waals surface area contributed by atoms with Crippen molar-refractivity contribution in [2.24, 2.45) is 0 Å². The Morgan fingerprint density at radius 3 is 1.10 bits per heavy atom. The van der Waals surface area contributed by atoms with Crippen LogP contribution in [0.3, 0.4) is 0 Å². The van der Waals surface area contributed by atoms with E-state index in [9.17, 15) is 30.3 Å². The molecule has 9 nitrogen and oxygen atoms in total. The summed E-state index contributed by atoms with van der Waals surface area (Å²) in [6, 6.07) is -0.829. The van der Waals surface area contributed by atoms with E-state index in [1.165, 1.54) is 180 Å². The number of allylic oxidation sites excluding steroid dienone is 17. The summed E-state index contributed by atoms with van der Waals surface area (Å²) >= 11 is 0. The Labute approximate surface area is 516 Å². The summed E-state index contributed by atoms with van der Waals surface area (Å²) < 4.78 is 11.3. The average molecular weight is 1170 g/mol. The molecule has 1 rings (SSSR count). The number of amides is 1. The Kier molecular flexibility index (Phi) is 59.0. The number of carbonyl (C=O) groups is 1. The lowest BCUT2D eigenvalue weighted by atomic mass is 9.99. The van der Waals surface area contributed by atoms with Gasteiger partial charge in [-0.1, -0.05) is 322 Å². The molecule has 6 N–H and O–H groups in total. The van der Waals surface area contributed by atoms with E-state index in [1.807, 2.05) is 6.08 Å². The molecule has 9 heteroatoms. The minimum absolute atomic E-state index is 0.202. The highest BCUT2D eigenvalue weighted by atomic mass is 16.7. The zero-order valence-electron chi connectivity index (χ0n) is 54.1. The second kappa shape index (κ2) is 62.9. The van der Waals surface area contributed by atoms with E-state index in [2.05, 4.69) is 116 Å². The van der Waals surface area contributed by atoms with Crippen molar-refractivity contribution in [3.05, 3.63) is 109 Å². The van der Waals surface area contributed by atoms with Gasteiger partial charge in [-0.15, -0.1) is 0 Å². The predicted octanol–water partition coefficient (Wildman–Crippen LogP) is 19.2. The number of ether oxygens (including phenoxy) is 2. The fourth-order valence-corrected chi connectivity index (χ4v) is 10.6. The molecule has 1 saturated heterocycles. The molecule has 0 aromatic carbocycles. The van der Waals surface area contributed by atoms with E-state index in [-0.39, 0.29) is 12.5 Å². The molecule has 484 valence electrons. The Hall–Kier alpha value is -3.15. The van der Waals surface area contributed by atoms with Gasteiger partial charge in [0.1, 0.15) is 24.4 Å². The fraction of sp³-hybridized carbons (Fsp3) is 0.747. The fourth-order valence-electron chi connectivity index (χ4n) is 10.6. The van der Waals surface area contributed by atoms with Gasteiger partial charge in [-0.25, -0.2) is 0 Å². The molecule has 0 radical (unpaired) electrons. The largest absolute Gasteiger partial charge is 0.394 e. The van der Waals surface area contributed by atoms with Crippen molar-refractivity contribution in [3.8, 4) is 0 Å². The van der Waals surface area contributed by atoms with Crippen LogP contribution in [0.2, 0.25) is 0 Å². The van der Waals surface area contributed by atoms with Gasteiger partial charge in [0.15, 0.2) is 6.29 Å². The zero-order chi connectivity index (χ0) is 60.7. The van der Waals surface area contributed by atoms with Crippen molar-refractivity contribution in [1.29, 1.82) is 0 Å². The van der Waals surface area contributed by atoms with Crippen LogP contribution in [0.1, 0.15) is 303 Å². The van der Waals surface area contributed by atoms with Crippen LogP contribution in [0.4, 0.5) is 0 Å². The number of carbonyl (C=O) groups excluding carboxylic acids is 1. The number of unbranched alkanes of at least 4 members (excludes halogenated alkanes) is 34. The van der Waals surface area contributed by atoms with Crippen LogP contribution in [0.5, 0.6) is 0 Å². The van der Waals surface area contributed by atoms with Gasteiger partial charge in [-0.05, 0) is 83.5 Å². The van der Waals surface area contributed by atoms with E-state index in [0.29, 0.717) is 6.42 Å². The summed E-state index contributed by atoms with van der Waals surface area (Å²) in [5, 5.41) is 54.8. The lowest BCUT2D eigenvalue weighted by molar-refractivity contribution is -0.302. The molecule has 1 aliphatic rings. The normalized spacial score (nSPS) is 18.9. The minimum atomic E-state index is -1.58. The van der Waals surface area contributed by atoms with Crippen LogP contribution in [0.25, 0.3) is 0 Å². The molecule has 7 unspecified atom stereocenters. The van der Waals surface area contributed by atoms with Crippen LogP contribution in [0.15, 0.2) is 109 Å². The average Bonchev–Trinajstić information content (AvgIpc) is 3.69. The molecule has 1 aliphatic heterocycles. The maximum absolute atomic E-state index is 13.1. The summed E-state index contributed by atoms with van der Waals surface area (Å²) in [5.41, 5.74) is 0. The van der Waals surface area contributed by atoms with Crippen LogP contribution in [-0.2, 0) is 14.3 Å². The highest BCUT2D eigenvalue weighted by Crippen LogP contribution is 2.23. The van der Waals surface area contributed by atoms with E-state index in [0.717, 1.165) is 103 Å². The van der Waals surface area contributed by atoms with Crippen molar-refractivity contribution in [2.45, 2.75) is 346 Å². The third-order valence-corrected chi connectivity index (χ3v) is 16.1. The molecule has 84 heavy (non-hydrogen) atoms. The first-order chi connectivity index (χ1) is 41.3.